The number of pyridine rings is 1. The maximum atomic E-state index is 14.0. The van der Waals surface area contributed by atoms with Gasteiger partial charge in [-0.2, -0.15) is 0 Å². The predicted octanol–water partition coefficient (Wildman–Crippen LogP) is 5.28. The molecule has 0 spiro atoms. The van der Waals surface area contributed by atoms with Gasteiger partial charge in [0.05, 0.1) is 17.1 Å². The Balaban J connectivity index is 1.43. The molecule has 2 aromatic carbocycles. The van der Waals surface area contributed by atoms with Gasteiger partial charge in [-0.25, -0.2) is 4.98 Å². The van der Waals surface area contributed by atoms with Crippen molar-refractivity contribution < 1.29 is 9.59 Å². The molecule has 1 saturated carbocycles. The van der Waals surface area contributed by atoms with Crippen LogP contribution in [-0.4, -0.2) is 37.3 Å². The Morgan fingerprint density at radius 3 is 2.46 bits per heavy atom. The molecule has 0 radical (unpaired) electrons. The van der Waals surface area contributed by atoms with E-state index in [0.29, 0.717) is 18.1 Å². The van der Waals surface area contributed by atoms with Crippen LogP contribution in [0, 0.1) is 0 Å². The maximum Gasteiger partial charge on any atom is 0.270 e. The third kappa shape index (κ3) is 5.71. The number of imidazole rings is 1. The molecule has 2 amide bonds. The van der Waals surface area contributed by atoms with Gasteiger partial charge in [0.25, 0.3) is 5.91 Å². The van der Waals surface area contributed by atoms with Gasteiger partial charge in [0.2, 0.25) is 5.91 Å². The molecule has 0 aliphatic heterocycles. The minimum absolute atomic E-state index is 0.0726. The molecular formula is C30H33N5O2. The van der Waals surface area contributed by atoms with E-state index < -0.39 is 6.04 Å². The van der Waals surface area contributed by atoms with Gasteiger partial charge in [-0.3, -0.25) is 14.6 Å². The van der Waals surface area contributed by atoms with Crippen molar-refractivity contribution >= 4 is 22.8 Å². The van der Waals surface area contributed by atoms with Crippen molar-refractivity contribution in [3.63, 3.8) is 0 Å². The zero-order valence-electron chi connectivity index (χ0n) is 21.2. The predicted molar refractivity (Wildman–Crippen MR) is 144 cm³/mol. The summed E-state index contributed by atoms with van der Waals surface area (Å²) in [6.07, 6.45) is 7.20. The second-order valence-corrected chi connectivity index (χ2v) is 9.75. The largest absolute Gasteiger partial charge is 0.341 e. The van der Waals surface area contributed by atoms with Crippen LogP contribution in [0.5, 0.6) is 0 Å². The quantitative estimate of drug-likeness (QED) is 0.360. The van der Waals surface area contributed by atoms with Crippen LogP contribution in [-0.2, 0) is 17.9 Å². The summed E-state index contributed by atoms with van der Waals surface area (Å²) >= 11 is 0. The molecule has 4 aromatic rings. The number of hydrogen-bond acceptors (Lipinski definition) is 4. The van der Waals surface area contributed by atoms with Crippen LogP contribution in [0.4, 0.5) is 0 Å². The van der Waals surface area contributed by atoms with Crippen LogP contribution < -0.4 is 5.32 Å². The normalized spacial score (nSPS) is 14.8. The number of rotatable bonds is 8. The zero-order valence-corrected chi connectivity index (χ0v) is 21.2. The smallest absolute Gasteiger partial charge is 0.270 e. The molecule has 1 aliphatic rings. The number of fused-ring (bicyclic) bond motifs is 1. The minimum atomic E-state index is -0.410. The van der Waals surface area contributed by atoms with Crippen molar-refractivity contribution in [1.29, 1.82) is 0 Å². The van der Waals surface area contributed by atoms with Gasteiger partial charge in [0.1, 0.15) is 18.1 Å². The monoisotopic (exact) mass is 495 g/mol. The van der Waals surface area contributed by atoms with E-state index in [-0.39, 0.29) is 24.4 Å². The lowest BCUT2D eigenvalue weighted by atomic mass is 9.93. The SMILES string of the molecule is CC(NC(=O)c1ccccn1)c1nc2ccccc2n1CC(=O)N(Cc1ccccc1)C1CCCCC1. The third-order valence-corrected chi connectivity index (χ3v) is 7.14. The van der Waals surface area contributed by atoms with Gasteiger partial charge in [-0.05, 0) is 49.6 Å². The van der Waals surface area contributed by atoms with Gasteiger partial charge in [0.15, 0.2) is 0 Å². The molecular weight excluding hydrogens is 462 g/mol. The second kappa shape index (κ2) is 11.4. The van der Waals surface area contributed by atoms with Gasteiger partial charge < -0.3 is 14.8 Å². The number of nitrogens with one attached hydrogen (secondary N) is 1. The summed E-state index contributed by atoms with van der Waals surface area (Å²) in [5, 5.41) is 3.01. The first kappa shape index (κ1) is 24.7. The molecule has 37 heavy (non-hydrogen) atoms. The fraction of sp³-hybridized carbons (Fsp3) is 0.333. The Labute approximate surface area is 217 Å². The zero-order chi connectivity index (χ0) is 25.6. The first-order valence-corrected chi connectivity index (χ1v) is 13.1. The topological polar surface area (TPSA) is 80.1 Å². The first-order valence-electron chi connectivity index (χ1n) is 13.1. The fourth-order valence-corrected chi connectivity index (χ4v) is 5.24. The van der Waals surface area contributed by atoms with Crippen LogP contribution in [0.1, 0.15) is 66.9 Å². The lowest BCUT2D eigenvalue weighted by molar-refractivity contribution is -0.135. The Kier molecular flexibility index (Phi) is 7.59. The molecule has 2 aromatic heterocycles. The van der Waals surface area contributed by atoms with Crippen molar-refractivity contribution in [3.8, 4) is 0 Å². The van der Waals surface area contributed by atoms with Crippen molar-refractivity contribution in [2.45, 2.75) is 64.2 Å². The molecule has 1 fully saturated rings. The molecule has 0 bridgehead atoms. The van der Waals surface area contributed by atoms with Crippen molar-refractivity contribution in [3.05, 3.63) is 96.1 Å². The number of benzene rings is 2. The molecule has 5 rings (SSSR count). The molecule has 2 heterocycles. The van der Waals surface area contributed by atoms with Crippen LogP contribution in [0.25, 0.3) is 11.0 Å². The lowest BCUT2D eigenvalue weighted by Gasteiger charge is -2.35. The third-order valence-electron chi connectivity index (χ3n) is 7.14. The van der Waals surface area contributed by atoms with E-state index in [4.69, 9.17) is 4.98 Å². The van der Waals surface area contributed by atoms with Gasteiger partial charge in [0, 0.05) is 18.8 Å². The van der Waals surface area contributed by atoms with Gasteiger partial charge >= 0.3 is 0 Å². The number of amides is 2. The molecule has 1 N–H and O–H groups in total. The fourth-order valence-electron chi connectivity index (χ4n) is 5.24. The van der Waals surface area contributed by atoms with Crippen molar-refractivity contribution in [2.75, 3.05) is 0 Å². The van der Waals surface area contributed by atoms with Crippen LogP contribution in [0.2, 0.25) is 0 Å². The Morgan fingerprint density at radius 2 is 1.70 bits per heavy atom. The highest BCUT2D eigenvalue weighted by molar-refractivity contribution is 5.92. The Bertz CT molecular complexity index is 1350. The summed E-state index contributed by atoms with van der Waals surface area (Å²) in [5.74, 6) is 0.455. The summed E-state index contributed by atoms with van der Waals surface area (Å²) in [4.78, 5) is 37.8. The van der Waals surface area contributed by atoms with E-state index in [9.17, 15) is 9.59 Å². The number of nitrogens with zero attached hydrogens (tertiary/aromatic N) is 4. The van der Waals surface area contributed by atoms with E-state index >= 15 is 0 Å². The Hall–Kier alpha value is -4.00. The molecule has 7 heteroatoms. The summed E-state index contributed by atoms with van der Waals surface area (Å²) in [5.41, 5.74) is 3.16. The molecule has 1 aliphatic carbocycles. The van der Waals surface area contributed by atoms with E-state index in [1.165, 1.54) is 6.42 Å². The van der Waals surface area contributed by atoms with E-state index in [0.717, 1.165) is 42.3 Å². The highest BCUT2D eigenvalue weighted by Crippen LogP contribution is 2.26. The maximum absolute atomic E-state index is 14.0. The number of hydrogen-bond donors (Lipinski definition) is 1. The van der Waals surface area contributed by atoms with Crippen LogP contribution in [0.15, 0.2) is 79.0 Å². The van der Waals surface area contributed by atoms with Crippen molar-refractivity contribution in [2.24, 2.45) is 0 Å². The van der Waals surface area contributed by atoms with E-state index in [1.54, 1.807) is 24.4 Å². The van der Waals surface area contributed by atoms with Gasteiger partial charge in [-0.15, -0.1) is 0 Å². The average Bonchev–Trinajstić information content (AvgIpc) is 3.31. The molecule has 1 atom stereocenters. The van der Waals surface area contributed by atoms with E-state index in [1.807, 2.05) is 54.0 Å². The lowest BCUT2D eigenvalue weighted by Crippen LogP contribution is -2.43. The number of carbonyl (C=O) groups excluding carboxylic acids is 2. The van der Waals surface area contributed by atoms with Crippen molar-refractivity contribution in [1.82, 2.24) is 24.8 Å². The van der Waals surface area contributed by atoms with Gasteiger partial charge in [-0.1, -0.05) is 67.8 Å². The number of carbonyl (C=O) groups is 2. The standard InChI is InChI=1S/C30H33N5O2/c1-22(32-30(37)26-17-10-11-19-31-26)29-33-25-16-8-9-18-27(25)35(29)21-28(36)34(24-14-6-3-7-15-24)20-23-12-4-2-5-13-23/h2,4-5,8-13,16-19,22,24H,3,6-7,14-15,20-21H2,1H3,(H,32,37). The molecule has 190 valence electrons. The molecule has 7 nitrogen and oxygen atoms in total. The van der Waals surface area contributed by atoms with Crippen LogP contribution in [0.3, 0.4) is 0 Å². The summed E-state index contributed by atoms with van der Waals surface area (Å²) in [6, 6.07) is 23.1. The summed E-state index contributed by atoms with van der Waals surface area (Å²) in [7, 11) is 0. The molecule has 1 unspecified atom stereocenters. The van der Waals surface area contributed by atoms with Crippen LogP contribution >= 0.6 is 0 Å². The first-order chi connectivity index (χ1) is 18.1. The number of para-hydroxylation sites is 2. The highest BCUT2D eigenvalue weighted by atomic mass is 16.2. The minimum Gasteiger partial charge on any atom is -0.341 e. The average molecular weight is 496 g/mol. The van der Waals surface area contributed by atoms with E-state index in [2.05, 4.69) is 27.3 Å². The number of aromatic nitrogens is 3. The highest BCUT2D eigenvalue weighted by Gasteiger charge is 2.28. The molecule has 0 saturated heterocycles. The Morgan fingerprint density at radius 1 is 0.973 bits per heavy atom. The summed E-state index contributed by atoms with van der Waals surface area (Å²) in [6.45, 7) is 2.66. The summed E-state index contributed by atoms with van der Waals surface area (Å²) < 4.78 is 1.96. The second-order valence-electron chi connectivity index (χ2n) is 9.75.